The first-order chi connectivity index (χ1) is 6.09. The summed E-state index contributed by atoms with van der Waals surface area (Å²) in [4.78, 5) is 20.0. The molecule has 70 valence electrons. The summed E-state index contributed by atoms with van der Waals surface area (Å²) in [5.74, 6) is -0.296. The van der Waals surface area contributed by atoms with Crippen LogP contribution in [0.25, 0.3) is 0 Å². The average molecular weight is 181 g/mol. The van der Waals surface area contributed by atoms with Gasteiger partial charge in [-0.3, -0.25) is 4.79 Å². The Bertz CT molecular complexity index is 295. The highest BCUT2D eigenvalue weighted by atomic mass is 16.4. The topological polar surface area (TPSA) is 66.3 Å². The van der Waals surface area contributed by atoms with Gasteiger partial charge in [-0.25, -0.2) is 9.97 Å². The van der Waals surface area contributed by atoms with E-state index >= 15 is 0 Å². The molecule has 0 amide bonds. The Morgan fingerprint density at radius 1 is 1.46 bits per heavy atom. The molecule has 0 aliphatic carbocycles. The van der Waals surface area contributed by atoms with Gasteiger partial charge in [0, 0.05) is 32.1 Å². The van der Waals surface area contributed by atoms with Crippen LogP contribution in [0.15, 0.2) is 12.4 Å². The summed E-state index contributed by atoms with van der Waals surface area (Å²) in [6.07, 6.45) is 3.01. The lowest BCUT2D eigenvalue weighted by atomic mass is 10.2. The first-order valence-electron chi connectivity index (χ1n) is 3.79. The molecule has 1 N–H and O–H groups in total. The van der Waals surface area contributed by atoms with Gasteiger partial charge in [-0.2, -0.15) is 0 Å². The molecule has 0 aromatic carbocycles. The van der Waals surface area contributed by atoms with Crippen LogP contribution in [0, 0.1) is 0 Å². The molecule has 0 aliphatic rings. The Kier molecular flexibility index (Phi) is 2.79. The van der Waals surface area contributed by atoms with Crippen molar-refractivity contribution < 1.29 is 9.90 Å². The highest BCUT2D eigenvalue weighted by Crippen LogP contribution is 2.03. The second kappa shape index (κ2) is 3.84. The first kappa shape index (κ1) is 9.44. The van der Waals surface area contributed by atoms with Crippen molar-refractivity contribution in [2.45, 2.75) is 6.42 Å². The predicted molar refractivity (Wildman–Crippen MR) is 47.7 cm³/mol. The molecular formula is C8H11N3O2. The maximum atomic E-state index is 10.3. The van der Waals surface area contributed by atoms with Crippen molar-refractivity contribution in [1.29, 1.82) is 0 Å². The second-order valence-electron chi connectivity index (χ2n) is 2.86. The third-order valence-electron chi connectivity index (χ3n) is 1.45. The molecule has 1 aromatic rings. The molecule has 0 radical (unpaired) electrons. The third-order valence-corrected chi connectivity index (χ3v) is 1.45. The van der Waals surface area contributed by atoms with Crippen molar-refractivity contribution in [2.24, 2.45) is 0 Å². The number of nitrogens with zero attached hydrogens (tertiary/aromatic N) is 3. The largest absolute Gasteiger partial charge is 0.481 e. The van der Waals surface area contributed by atoms with Gasteiger partial charge in [-0.05, 0) is 0 Å². The summed E-state index contributed by atoms with van der Waals surface area (Å²) >= 11 is 0. The van der Waals surface area contributed by atoms with E-state index < -0.39 is 5.97 Å². The first-order valence-corrected chi connectivity index (χ1v) is 3.79. The van der Waals surface area contributed by atoms with E-state index in [0.29, 0.717) is 11.5 Å². The predicted octanol–water partition coefficient (Wildman–Crippen LogP) is 0.170. The molecule has 0 unspecified atom stereocenters. The van der Waals surface area contributed by atoms with Gasteiger partial charge in [-0.1, -0.05) is 0 Å². The molecule has 0 saturated carbocycles. The fourth-order valence-electron chi connectivity index (χ4n) is 0.845. The Morgan fingerprint density at radius 2 is 2.00 bits per heavy atom. The number of aromatic nitrogens is 2. The van der Waals surface area contributed by atoms with Crippen LogP contribution in [0.3, 0.4) is 0 Å². The van der Waals surface area contributed by atoms with Crippen molar-refractivity contribution in [3.05, 3.63) is 18.0 Å². The molecule has 1 rings (SSSR count). The second-order valence-corrected chi connectivity index (χ2v) is 2.86. The zero-order valence-electron chi connectivity index (χ0n) is 7.56. The van der Waals surface area contributed by atoms with Gasteiger partial charge in [0.05, 0.1) is 6.42 Å². The van der Waals surface area contributed by atoms with E-state index in [4.69, 9.17) is 5.11 Å². The fourth-order valence-corrected chi connectivity index (χ4v) is 0.845. The third kappa shape index (κ3) is 2.70. The van der Waals surface area contributed by atoms with Crippen molar-refractivity contribution >= 4 is 11.9 Å². The smallest absolute Gasteiger partial charge is 0.307 e. The van der Waals surface area contributed by atoms with Crippen molar-refractivity contribution in [3.63, 3.8) is 0 Å². The Balaban J connectivity index is 2.75. The van der Waals surface area contributed by atoms with Crippen molar-refractivity contribution in [2.75, 3.05) is 19.0 Å². The molecule has 1 heterocycles. The summed E-state index contributed by atoms with van der Waals surface area (Å²) in [6, 6.07) is 0. The average Bonchev–Trinajstić information content (AvgIpc) is 2.04. The molecule has 0 spiro atoms. The quantitative estimate of drug-likeness (QED) is 0.720. The minimum absolute atomic E-state index is 0.0340. The Morgan fingerprint density at radius 3 is 2.38 bits per heavy atom. The van der Waals surface area contributed by atoms with Crippen LogP contribution in [0.1, 0.15) is 5.56 Å². The van der Waals surface area contributed by atoms with E-state index in [1.54, 1.807) is 4.90 Å². The van der Waals surface area contributed by atoms with Crippen LogP contribution < -0.4 is 4.90 Å². The van der Waals surface area contributed by atoms with E-state index in [2.05, 4.69) is 9.97 Å². The summed E-state index contributed by atoms with van der Waals surface area (Å²) in [5.41, 5.74) is 0.609. The van der Waals surface area contributed by atoms with E-state index in [0.717, 1.165) is 0 Å². The lowest BCUT2D eigenvalue weighted by molar-refractivity contribution is -0.136. The van der Waals surface area contributed by atoms with Crippen LogP contribution in [0.2, 0.25) is 0 Å². The maximum absolute atomic E-state index is 10.3. The van der Waals surface area contributed by atoms with E-state index in [9.17, 15) is 4.79 Å². The fraction of sp³-hybridized carbons (Fsp3) is 0.375. The maximum Gasteiger partial charge on any atom is 0.307 e. The summed E-state index contributed by atoms with van der Waals surface area (Å²) in [6.45, 7) is 0. The molecule has 1 aromatic heterocycles. The van der Waals surface area contributed by atoms with Crippen molar-refractivity contribution in [1.82, 2.24) is 9.97 Å². The summed E-state index contributed by atoms with van der Waals surface area (Å²) in [7, 11) is 3.65. The Hall–Kier alpha value is -1.65. The lowest BCUT2D eigenvalue weighted by Gasteiger charge is -2.08. The number of anilines is 1. The van der Waals surface area contributed by atoms with Crippen molar-refractivity contribution in [3.8, 4) is 0 Å². The standard InChI is InChI=1S/C8H11N3O2/c1-11(2)8-9-4-6(5-10-8)3-7(12)13/h4-5H,3H2,1-2H3,(H,12,13). The number of hydrogen-bond donors (Lipinski definition) is 1. The van der Waals surface area contributed by atoms with Crippen LogP contribution in [0.5, 0.6) is 0 Å². The summed E-state index contributed by atoms with van der Waals surface area (Å²) < 4.78 is 0. The van der Waals surface area contributed by atoms with Gasteiger partial charge in [0.15, 0.2) is 0 Å². The van der Waals surface area contributed by atoms with Gasteiger partial charge in [0.2, 0.25) is 5.95 Å². The molecule has 0 aliphatic heterocycles. The highest BCUT2D eigenvalue weighted by molar-refractivity contribution is 5.69. The number of carboxylic acid groups (broad SMARTS) is 1. The van der Waals surface area contributed by atoms with E-state index in [1.165, 1.54) is 12.4 Å². The lowest BCUT2D eigenvalue weighted by Crippen LogP contribution is -2.13. The van der Waals surface area contributed by atoms with Gasteiger partial charge in [0.1, 0.15) is 0 Å². The molecule has 0 atom stereocenters. The zero-order valence-corrected chi connectivity index (χ0v) is 7.56. The van der Waals surface area contributed by atoms with E-state index in [1.807, 2.05) is 14.1 Å². The number of carboxylic acids is 1. The molecule has 0 saturated heterocycles. The monoisotopic (exact) mass is 181 g/mol. The van der Waals surface area contributed by atoms with Gasteiger partial charge < -0.3 is 10.0 Å². The van der Waals surface area contributed by atoms with Crippen LogP contribution in [-0.2, 0) is 11.2 Å². The highest BCUT2D eigenvalue weighted by Gasteiger charge is 2.02. The molecular weight excluding hydrogens is 170 g/mol. The number of carbonyl (C=O) groups is 1. The molecule has 5 heteroatoms. The SMILES string of the molecule is CN(C)c1ncc(CC(=O)O)cn1. The molecule has 0 bridgehead atoms. The molecule has 0 fully saturated rings. The number of hydrogen-bond acceptors (Lipinski definition) is 4. The van der Waals surface area contributed by atoms with E-state index in [-0.39, 0.29) is 6.42 Å². The molecule has 13 heavy (non-hydrogen) atoms. The normalized spacial score (nSPS) is 9.69. The molecule has 5 nitrogen and oxygen atoms in total. The van der Waals surface area contributed by atoms with Gasteiger partial charge in [-0.15, -0.1) is 0 Å². The van der Waals surface area contributed by atoms with Crippen LogP contribution >= 0.6 is 0 Å². The van der Waals surface area contributed by atoms with Crippen LogP contribution in [-0.4, -0.2) is 35.1 Å². The van der Waals surface area contributed by atoms with Gasteiger partial charge >= 0.3 is 5.97 Å². The minimum Gasteiger partial charge on any atom is -0.481 e. The summed E-state index contributed by atoms with van der Waals surface area (Å²) in [5, 5.41) is 8.48. The minimum atomic E-state index is -0.874. The number of aliphatic carboxylic acids is 1. The Labute approximate surface area is 76.0 Å². The number of rotatable bonds is 3. The van der Waals surface area contributed by atoms with Crippen LogP contribution in [0.4, 0.5) is 5.95 Å². The zero-order chi connectivity index (χ0) is 9.84. The van der Waals surface area contributed by atoms with Gasteiger partial charge in [0.25, 0.3) is 0 Å².